The Balaban J connectivity index is 2.47. The summed E-state index contributed by atoms with van der Waals surface area (Å²) in [5, 5.41) is 8.65. The van der Waals surface area contributed by atoms with Gasteiger partial charge in [-0.15, -0.1) is 0 Å². The first kappa shape index (κ1) is 17.9. The zero-order valence-electron chi connectivity index (χ0n) is 14.3. The summed E-state index contributed by atoms with van der Waals surface area (Å²) in [6.45, 7) is 9.95. The Labute approximate surface area is 138 Å². The molecule has 128 valence electrons. The Morgan fingerprint density at radius 2 is 2.00 bits per heavy atom. The van der Waals surface area contributed by atoms with E-state index in [0.29, 0.717) is 12.1 Å². The molecule has 1 heterocycles. The number of aryl methyl sites for hydroxylation is 1. The summed E-state index contributed by atoms with van der Waals surface area (Å²) in [4.78, 5) is 4.72. The van der Waals surface area contributed by atoms with Crippen LogP contribution in [0.2, 0.25) is 0 Å². The Kier molecular flexibility index (Phi) is 5.13. The number of rotatable bonds is 6. The van der Waals surface area contributed by atoms with Gasteiger partial charge < -0.3 is 9.88 Å². The highest BCUT2D eigenvalue weighted by Crippen LogP contribution is 2.21. The fourth-order valence-corrected chi connectivity index (χ4v) is 2.91. The molecule has 0 saturated heterocycles. The van der Waals surface area contributed by atoms with Crippen molar-refractivity contribution in [3.63, 3.8) is 0 Å². The fraction of sp³-hybridized carbons (Fsp3) is 0.562. The first-order valence-electron chi connectivity index (χ1n) is 7.89. The highest BCUT2D eigenvalue weighted by Gasteiger charge is 2.16. The summed E-state index contributed by atoms with van der Waals surface area (Å²) >= 11 is 0. The van der Waals surface area contributed by atoms with Gasteiger partial charge >= 0.3 is 0 Å². The second-order valence-corrected chi connectivity index (χ2v) is 8.39. The van der Waals surface area contributed by atoms with E-state index in [4.69, 9.17) is 5.14 Å². The molecule has 0 saturated carbocycles. The maximum absolute atomic E-state index is 11.5. The molecular weight excluding hydrogens is 312 g/mol. The van der Waals surface area contributed by atoms with Gasteiger partial charge in [-0.1, -0.05) is 13.3 Å². The van der Waals surface area contributed by atoms with E-state index in [-0.39, 0.29) is 10.4 Å². The van der Waals surface area contributed by atoms with E-state index in [1.54, 1.807) is 18.2 Å². The first-order valence-corrected chi connectivity index (χ1v) is 9.43. The summed E-state index contributed by atoms with van der Waals surface area (Å²) in [7, 11) is -3.72. The number of hydrogen-bond acceptors (Lipinski definition) is 4. The van der Waals surface area contributed by atoms with Crippen molar-refractivity contribution in [2.75, 3.05) is 0 Å². The molecule has 0 amide bonds. The molecule has 0 aliphatic heterocycles. The van der Waals surface area contributed by atoms with Gasteiger partial charge in [0.15, 0.2) is 0 Å². The van der Waals surface area contributed by atoms with Crippen molar-refractivity contribution in [3.05, 3.63) is 24.0 Å². The van der Waals surface area contributed by atoms with Gasteiger partial charge in [-0.3, -0.25) is 0 Å². The number of fused-ring (bicyclic) bond motifs is 1. The Hall–Kier alpha value is -1.44. The van der Waals surface area contributed by atoms with E-state index in [2.05, 4.69) is 42.6 Å². The van der Waals surface area contributed by atoms with Crippen LogP contribution in [-0.2, 0) is 23.1 Å². The van der Waals surface area contributed by atoms with E-state index < -0.39 is 10.0 Å². The lowest BCUT2D eigenvalue weighted by atomic mass is 10.1. The maximum atomic E-state index is 11.5. The molecule has 0 aliphatic carbocycles. The highest BCUT2D eigenvalue weighted by atomic mass is 32.2. The van der Waals surface area contributed by atoms with E-state index in [1.807, 2.05) is 0 Å². The Morgan fingerprint density at radius 1 is 1.30 bits per heavy atom. The van der Waals surface area contributed by atoms with Crippen LogP contribution in [-0.4, -0.2) is 23.5 Å². The quantitative estimate of drug-likeness (QED) is 0.846. The van der Waals surface area contributed by atoms with Gasteiger partial charge in [-0.2, -0.15) is 0 Å². The predicted octanol–water partition coefficient (Wildman–Crippen LogP) is 2.37. The SMILES string of the molecule is CCCCn1c(CNC(C)(C)C)nc2cc(S(N)(=O)=O)ccc21. The molecule has 0 atom stereocenters. The maximum Gasteiger partial charge on any atom is 0.238 e. The summed E-state index contributed by atoms with van der Waals surface area (Å²) in [6.07, 6.45) is 2.13. The van der Waals surface area contributed by atoms with Gasteiger partial charge in [-0.05, 0) is 45.4 Å². The minimum atomic E-state index is -3.72. The summed E-state index contributed by atoms with van der Waals surface area (Å²) in [6, 6.07) is 4.88. The van der Waals surface area contributed by atoms with Gasteiger partial charge in [0.2, 0.25) is 10.0 Å². The minimum Gasteiger partial charge on any atom is -0.327 e. The third kappa shape index (κ3) is 4.53. The molecule has 0 spiro atoms. The number of unbranched alkanes of at least 4 members (excludes halogenated alkanes) is 1. The second kappa shape index (κ2) is 6.59. The smallest absolute Gasteiger partial charge is 0.238 e. The van der Waals surface area contributed by atoms with E-state index in [1.165, 1.54) is 0 Å². The standard InChI is InChI=1S/C16H26N4O2S/c1-5-6-9-20-14-8-7-12(23(17,21)22)10-13(14)19-15(20)11-18-16(2,3)4/h7-8,10,18H,5-6,9,11H2,1-4H3,(H2,17,21,22). The molecule has 1 aromatic heterocycles. The molecule has 23 heavy (non-hydrogen) atoms. The van der Waals surface area contributed by atoms with Crippen LogP contribution >= 0.6 is 0 Å². The van der Waals surface area contributed by atoms with E-state index in [0.717, 1.165) is 30.7 Å². The van der Waals surface area contributed by atoms with Crippen LogP contribution in [0, 0.1) is 0 Å². The number of hydrogen-bond donors (Lipinski definition) is 2. The molecule has 0 bridgehead atoms. The van der Waals surface area contributed by atoms with Gasteiger partial charge in [0.25, 0.3) is 0 Å². The summed E-state index contributed by atoms with van der Waals surface area (Å²) < 4.78 is 25.2. The number of primary sulfonamides is 1. The molecule has 7 heteroatoms. The molecular formula is C16H26N4O2S. The number of nitrogens with two attached hydrogens (primary N) is 1. The molecule has 0 aliphatic rings. The molecule has 1 aromatic carbocycles. The molecule has 3 N–H and O–H groups in total. The van der Waals surface area contributed by atoms with Gasteiger partial charge in [0.1, 0.15) is 5.82 Å². The van der Waals surface area contributed by atoms with E-state index >= 15 is 0 Å². The second-order valence-electron chi connectivity index (χ2n) is 6.83. The molecule has 2 aromatic rings. The van der Waals surface area contributed by atoms with Crippen LogP contribution in [0.5, 0.6) is 0 Å². The number of nitrogens with zero attached hydrogens (tertiary/aromatic N) is 2. The number of nitrogens with one attached hydrogen (secondary N) is 1. The van der Waals surface area contributed by atoms with Crippen LogP contribution in [0.4, 0.5) is 0 Å². The molecule has 6 nitrogen and oxygen atoms in total. The Morgan fingerprint density at radius 3 is 2.57 bits per heavy atom. The largest absolute Gasteiger partial charge is 0.327 e. The summed E-state index contributed by atoms with van der Waals surface area (Å²) in [5.74, 6) is 0.912. The lowest BCUT2D eigenvalue weighted by Crippen LogP contribution is -2.36. The molecule has 0 fully saturated rings. The molecule has 2 rings (SSSR count). The van der Waals surface area contributed by atoms with Gasteiger partial charge in [-0.25, -0.2) is 18.5 Å². The van der Waals surface area contributed by atoms with Crippen LogP contribution < -0.4 is 10.5 Å². The summed E-state index contributed by atoms with van der Waals surface area (Å²) in [5.41, 5.74) is 1.59. The highest BCUT2D eigenvalue weighted by molar-refractivity contribution is 7.89. The van der Waals surface area contributed by atoms with Crippen molar-refractivity contribution in [2.24, 2.45) is 5.14 Å². The monoisotopic (exact) mass is 338 g/mol. The topological polar surface area (TPSA) is 90.0 Å². The third-order valence-electron chi connectivity index (χ3n) is 3.64. The zero-order valence-corrected chi connectivity index (χ0v) is 15.1. The molecule has 0 radical (unpaired) electrons. The Bertz CT molecular complexity index is 788. The average Bonchev–Trinajstić information content (AvgIpc) is 2.78. The van der Waals surface area contributed by atoms with Crippen LogP contribution in [0.3, 0.4) is 0 Å². The van der Waals surface area contributed by atoms with Crippen molar-refractivity contribution in [3.8, 4) is 0 Å². The first-order chi connectivity index (χ1) is 10.6. The number of benzene rings is 1. The van der Waals surface area contributed by atoms with Crippen LogP contribution in [0.1, 0.15) is 46.4 Å². The van der Waals surface area contributed by atoms with Crippen LogP contribution in [0.15, 0.2) is 23.1 Å². The lowest BCUT2D eigenvalue weighted by Gasteiger charge is -2.20. The fourth-order valence-electron chi connectivity index (χ4n) is 2.38. The number of aromatic nitrogens is 2. The number of imidazole rings is 1. The van der Waals surface area contributed by atoms with Gasteiger partial charge in [0, 0.05) is 12.1 Å². The van der Waals surface area contributed by atoms with Crippen molar-refractivity contribution >= 4 is 21.1 Å². The minimum absolute atomic E-state index is 0.0144. The zero-order chi connectivity index (χ0) is 17.3. The average molecular weight is 338 g/mol. The van der Waals surface area contributed by atoms with E-state index in [9.17, 15) is 8.42 Å². The van der Waals surface area contributed by atoms with Gasteiger partial charge in [0.05, 0.1) is 22.5 Å². The van der Waals surface area contributed by atoms with Crippen molar-refractivity contribution < 1.29 is 8.42 Å². The normalized spacial score (nSPS) is 12.9. The predicted molar refractivity (Wildman–Crippen MR) is 92.6 cm³/mol. The third-order valence-corrected chi connectivity index (χ3v) is 4.55. The van der Waals surface area contributed by atoms with Crippen molar-refractivity contribution in [2.45, 2.75) is 64.1 Å². The lowest BCUT2D eigenvalue weighted by molar-refractivity contribution is 0.411. The number of sulfonamides is 1. The van der Waals surface area contributed by atoms with Crippen LogP contribution in [0.25, 0.3) is 11.0 Å². The molecule has 0 unspecified atom stereocenters. The van der Waals surface area contributed by atoms with Crippen molar-refractivity contribution in [1.82, 2.24) is 14.9 Å². The van der Waals surface area contributed by atoms with Crippen molar-refractivity contribution in [1.29, 1.82) is 0 Å².